The maximum Gasteiger partial charge on any atom is 0.422 e. The van der Waals surface area contributed by atoms with Gasteiger partial charge in [0.2, 0.25) is 0 Å². The fourth-order valence-corrected chi connectivity index (χ4v) is 4.48. The zero-order chi connectivity index (χ0) is 25.0. The average Bonchev–Trinajstić information content (AvgIpc) is 2.82. The Bertz CT molecular complexity index is 1280. The first-order valence-electron chi connectivity index (χ1n) is 11.9. The monoisotopic (exact) mass is 482 g/mol. The van der Waals surface area contributed by atoms with E-state index in [1.165, 1.54) is 30.4 Å². The number of hydrogen-bond donors (Lipinski definition) is 0. The molecule has 0 fully saturated rings. The van der Waals surface area contributed by atoms with Crippen molar-refractivity contribution in [2.75, 3.05) is 0 Å². The van der Waals surface area contributed by atoms with Gasteiger partial charge in [-0.1, -0.05) is 80.4 Å². The van der Waals surface area contributed by atoms with E-state index in [0.717, 1.165) is 47.7 Å². The van der Waals surface area contributed by atoms with Crippen molar-refractivity contribution in [3.05, 3.63) is 107 Å². The fourth-order valence-electron chi connectivity index (χ4n) is 4.48. The number of hydrogen-bond acceptors (Lipinski definition) is 0. The second-order valence-electron chi connectivity index (χ2n) is 8.95. The van der Waals surface area contributed by atoms with Crippen molar-refractivity contribution in [2.45, 2.75) is 51.6 Å². The Kier molecular flexibility index (Phi) is 7.54. The van der Waals surface area contributed by atoms with Crippen LogP contribution in [-0.4, -0.2) is 0 Å². The molecule has 0 atom stereocenters. The third-order valence-electron chi connectivity index (χ3n) is 6.38. The molecule has 182 valence electrons. The lowest BCUT2D eigenvalue weighted by molar-refractivity contribution is -0.142. The van der Waals surface area contributed by atoms with Crippen LogP contribution in [0.4, 0.5) is 22.0 Å². The predicted octanol–water partition coefficient (Wildman–Crippen LogP) is 9.32. The summed E-state index contributed by atoms with van der Waals surface area (Å²) >= 11 is 0. The summed E-state index contributed by atoms with van der Waals surface area (Å²) in [5.74, 6) is -3.23. The zero-order valence-electron chi connectivity index (χ0n) is 19.6. The molecule has 0 saturated heterocycles. The van der Waals surface area contributed by atoms with Crippen molar-refractivity contribution in [1.82, 2.24) is 0 Å². The fraction of sp³-hybridized carbons (Fsp3) is 0.267. The van der Waals surface area contributed by atoms with Crippen LogP contribution in [0.15, 0.2) is 72.8 Å². The Morgan fingerprint density at radius 1 is 0.657 bits per heavy atom. The minimum atomic E-state index is -5.09. The molecule has 35 heavy (non-hydrogen) atoms. The molecule has 0 unspecified atom stereocenters. The zero-order valence-corrected chi connectivity index (χ0v) is 19.6. The minimum Gasteiger partial charge on any atom is -0.206 e. The largest absolute Gasteiger partial charge is 0.422 e. The van der Waals surface area contributed by atoms with Gasteiger partial charge in [0.15, 0.2) is 0 Å². The van der Waals surface area contributed by atoms with E-state index < -0.39 is 23.4 Å². The van der Waals surface area contributed by atoms with E-state index in [1.54, 1.807) is 12.1 Å². The number of aryl methyl sites for hydroxylation is 3. The van der Waals surface area contributed by atoms with Gasteiger partial charge in [0, 0.05) is 0 Å². The third kappa shape index (κ3) is 5.90. The first-order valence-corrected chi connectivity index (χ1v) is 11.9. The highest BCUT2D eigenvalue weighted by Crippen LogP contribution is 2.37. The third-order valence-corrected chi connectivity index (χ3v) is 6.38. The summed E-state index contributed by atoms with van der Waals surface area (Å²) in [6.07, 6.45) is 1.40. The van der Waals surface area contributed by atoms with Gasteiger partial charge in [-0.05, 0) is 76.4 Å². The minimum absolute atomic E-state index is 0.0744. The van der Waals surface area contributed by atoms with Gasteiger partial charge in [-0.2, -0.15) is 13.2 Å². The van der Waals surface area contributed by atoms with Gasteiger partial charge in [0.05, 0.1) is 0 Å². The Morgan fingerprint density at radius 3 is 1.89 bits per heavy atom. The number of benzene rings is 4. The second-order valence-corrected chi connectivity index (χ2v) is 8.95. The maximum absolute atomic E-state index is 14.2. The van der Waals surface area contributed by atoms with Crippen molar-refractivity contribution in [2.24, 2.45) is 0 Å². The summed E-state index contributed by atoms with van der Waals surface area (Å²) in [5, 5.41) is 1.60. The first kappa shape index (κ1) is 24.9. The van der Waals surface area contributed by atoms with E-state index in [2.05, 4.69) is 31.2 Å². The second kappa shape index (κ2) is 10.6. The van der Waals surface area contributed by atoms with Crippen LogP contribution in [0.25, 0.3) is 21.9 Å². The van der Waals surface area contributed by atoms with Gasteiger partial charge >= 0.3 is 6.18 Å². The van der Waals surface area contributed by atoms with Crippen molar-refractivity contribution >= 4 is 10.8 Å². The molecule has 4 aromatic rings. The molecule has 0 heterocycles. The van der Waals surface area contributed by atoms with Gasteiger partial charge in [0.25, 0.3) is 0 Å². The molecule has 0 N–H and O–H groups in total. The average molecular weight is 483 g/mol. The summed E-state index contributed by atoms with van der Waals surface area (Å²) < 4.78 is 67.1. The van der Waals surface area contributed by atoms with Crippen LogP contribution in [0.2, 0.25) is 0 Å². The van der Waals surface area contributed by atoms with Crippen LogP contribution >= 0.6 is 0 Å². The lowest BCUT2D eigenvalue weighted by Gasteiger charge is -2.13. The summed E-state index contributed by atoms with van der Waals surface area (Å²) in [5.41, 5.74) is 2.43. The highest BCUT2D eigenvalue weighted by Gasteiger charge is 2.38. The molecular weight excluding hydrogens is 455 g/mol. The molecule has 0 spiro atoms. The van der Waals surface area contributed by atoms with Crippen LogP contribution in [0, 0.1) is 11.6 Å². The molecule has 5 heteroatoms. The summed E-state index contributed by atoms with van der Waals surface area (Å²) in [6.45, 7) is 2.20. The highest BCUT2D eigenvalue weighted by molar-refractivity contribution is 5.97. The van der Waals surface area contributed by atoms with E-state index >= 15 is 0 Å². The predicted molar refractivity (Wildman–Crippen MR) is 131 cm³/mol. The molecule has 0 aromatic heterocycles. The molecule has 4 rings (SSSR count). The summed E-state index contributed by atoms with van der Waals surface area (Å²) in [7, 11) is 0. The van der Waals surface area contributed by atoms with Gasteiger partial charge in [-0.3, -0.25) is 0 Å². The summed E-state index contributed by atoms with van der Waals surface area (Å²) in [6, 6.07) is 21.4. The molecule has 0 aliphatic carbocycles. The molecule has 4 aromatic carbocycles. The van der Waals surface area contributed by atoms with Crippen LogP contribution in [0.5, 0.6) is 0 Å². The smallest absolute Gasteiger partial charge is 0.206 e. The molecule has 0 amide bonds. The van der Waals surface area contributed by atoms with Gasteiger partial charge in [-0.15, -0.1) is 0 Å². The van der Waals surface area contributed by atoms with Gasteiger partial charge in [0.1, 0.15) is 17.2 Å². The topological polar surface area (TPSA) is 0 Å². The lowest BCUT2D eigenvalue weighted by Crippen LogP contribution is -2.11. The Hall–Kier alpha value is -3.21. The van der Waals surface area contributed by atoms with E-state index in [4.69, 9.17) is 0 Å². The van der Waals surface area contributed by atoms with E-state index in [9.17, 15) is 22.0 Å². The summed E-state index contributed by atoms with van der Waals surface area (Å²) in [4.78, 5) is 0. The van der Waals surface area contributed by atoms with E-state index in [-0.39, 0.29) is 5.56 Å². The van der Waals surface area contributed by atoms with Gasteiger partial charge in [-0.25, -0.2) is 8.78 Å². The molecular formula is C30H27F5. The normalized spacial score (nSPS) is 11.8. The number of halogens is 5. The number of rotatable bonds is 8. The maximum atomic E-state index is 14.2. The molecule has 0 radical (unpaired) electrons. The number of fused-ring (bicyclic) bond motifs is 1. The Morgan fingerprint density at radius 2 is 1.26 bits per heavy atom. The molecule has 0 bridgehead atoms. The van der Waals surface area contributed by atoms with E-state index in [1.807, 2.05) is 24.3 Å². The molecule has 0 aliphatic rings. The van der Waals surface area contributed by atoms with Gasteiger partial charge < -0.3 is 0 Å². The van der Waals surface area contributed by atoms with Crippen molar-refractivity contribution < 1.29 is 22.0 Å². The Balaban J connectivity index is 1.53. The quantitative estimate of drug-likeness (QED) is 0.173. The van der Waals surface area contributed by atoms with Crippen LogP contribution in [0.3, 0.4) is 0 Å². The lowest BCUT2D eigenvalue weighted by atomic mass is 9.94. The number of unbranched alkanes of at least 4 members (excludes halogenated alkanes) is 2. The van der Waals surface area contributed by atoms with Crippen LogP contribution in [-0.2, 0) is 25.4 Å². The van der Waals surface area contributed by atoms with Crippen molar-refractivity contribution in [1.29, 1.82) is 0 Å². The highest BCUT2D eigenvalue weighted by atomic mass is 19.4. The van der Waals surface area contributed by atoms with Crippen LogP contribution < -0.4 is 0 Å². The van der Waals surface area contributed by atoms with Crippen LogP contribution in [0.1, 0.15) is 48.4 Å². The number of alkyl halides is 3. The Labute approximate surface area is 202 Å². The molecule has 0 nitrogen and oxygen atoms in total. The first-order chi connectivity index (χ1) is 16.8. The molecule has 0 aliphatic heterocycles. The van der Waals surface area contributed by atoms with E-state index in [0.29, 0.717) is 5.56 Å². The standard InChI is InChI=1S/C30H27F5/c1-2-3-4-6-20-9-11-21(12-10-20)13-14-22-15-16-26-23(17-22)7-5-8-25(26)24-18-27(31)29(28(32)19-24)30(33,34)35/h5,7-12,15-19H,2-4,6,13-14H2,1H3. The van der Waals surface area contributed by atoms with Crippen molar-refractivity contribution in [3.63, 3.8) is 0 Å². The SMILES string of the molecule is CCCCCc1ccc(CCc2ccc3c(-c4cc(F)c(C(F)(F)F)c(F)c4)cccc3c2)cc1. The van der Waals surface area contributed by atoms with Crippen molar-refractivity contribution in [3.8, 4) is 11.1 Å². The molecule has 0 saturated carbocycles.